The first kappa shape index (κ1) is 15.8. The minimum Gasteiger partial charge on any atom is -0.489 e. The Morgan fingerprint density at radius 1 is 0.750 bits per heavy atom. The number of benzene rings is 3. The number of oxime groups is 1. The SMILES string of the molecule is ON=C(Cc1ccccc1)c1ccc(OCc2ccccc2)cc1. The van der Waals surface area contributed by atoms with Crippen molar-refractivity contribution < 1.29 is 9.94 Å². The topological polar surface area (TPSA) is 41.8 Å². The van der Waals surface area contributed by atoms with Gasteiger partial charge < -0.3 is 9.94 Å². The summed E-state index contributed by atoms with van der Waals surface area (Å²) in [5.74, 6) is 0.791. The molecule has 3 nitrogen and oxygen atoms in total. The Balaban J connectivity index is 1.64. The van der Waals surface area contributed by atoms with Crippen molar-refractivity contribution in [3.05, 3.63) is 102 Å². The van der Waals surface area contributed by atoms with Crippen molar-refractivity contribution in [2.45, 2.75) is 13.0 Å². The summed E-state index contributed by atoms with van der Waals surface area (Å²) in [6, 6.07) is 27.6. The fourth-order valence-corrected chi connectivity index (χ4v) is 2.47. The molecular formula is C21H19NO2. The molecule has 0 saturated carbocycles. The van der Waals surface area contributed by atoms with E-state index in [1.165, 1.54) is 0 Å². The molecule has 24 heavy (non-hydrogen) atoms. The highest BCUT2D eigenvalue weighted by Crippen LogP contribution is 2.16. The Morgan fingerprint density at radius 3 is 1.92 bits per heavy atom. The van der Waals surface area contributed by atoms with Crippen LogP contribution in [0.25, 0.3) is 0 Å². The van der Waals surface area contributed by atoms with Crippen molar-refractivity contribution in [2.24, 2.45) is 5.16 Å². The molecule has 1 N–H and O–H groups in total. The van der Waals surface area contributed by atoms with Crippen LogP contribution in [-0.4, -0.2) is 10.9 Å². The van der Waals surface area contributed by atoms with Crippen LogP contribution in [0.4, 0.5) is 0 Å². The largest absolute Gasteiger partial charge is 0.489 e. The zero-order valence-corrected chi connectivity index (χ0v) is 13.3. The maximum Gasteiger partial charge on any atom is 0.119 e. The van der Waals surface area contributed by atoms with Gasteiger partial charge in [0, 0.05) is 6.42 Å². The molecule has 0 heterocycles. The summed E-state index contributed by atoms with van der Waals surface area (Å²) in [6.07, 6.45) is 0.585. The maximum atomic E-state index is 9.32. The molecule has 3 heteroatoms. The molecule has 0 aliphatic carbocycles. The predicted octanol–water partition coefficient (Wildman–Crippen LogP) is 4.69. The normalized spacial score (nSPS) is 11.2. The van der Waals surface area contributed by atoms with Crippen molar-refractivity contribution in [1.29, 1.82) is 0 Å². The lowest BCUT2D eigenvalue weighted by atomic mass is 10.0. The van der Waals surface area contributed by atoms with Crippen LogP contribution < -0.4 is 4.74 Å². The van der Waals surface area contributed by atoms with Crippen LogP contribution in [0, 0.1) is 0 Å². The van der Waals surface area contributed by atoms with Crippen molar-refractivity contribution in [3.63, 3.8) is 0 Å². The number of nitrogens with zero attached hydrogens (tertiary/aromatic N) is 1. The van der Waals surface area contributed by atoms with Crippen molar-refractivity contribution in [2.75, 3.05) is 0 Å². The van der Waals surface area contributed by atoms with E-state index in [1.54, 1.807) is 0 Å². The van der Waals surface area contributed by atoms with Crippen molar-refractivity contribution >= 4 is 5.71 Å². The quantitative estimate of drug-likeness (QED) is 0.407. The number of ether oxygens (including phenoxy) is 1. The molecule has 0 amide bonds. The average Bonchev–Trinajstić information content (AvgIpc) is 2.67. The summed E-state index contributed by atoms with van der Waals surface area (Å²) in [5.41, 5.74) is 3.75. The molecule has 0 radical (unpaired) electrons. The van der Waals surface area contributed by atoms with Gasteiger partial charge in [0.1, 0.15) is 12.4 Å². The second-order valence-corrected chi connectivity index (χ2v) is 5.51. The third-order valence-electron chi connectivity index (χ3n) is 3.77. The van der Waals surface area contributed by atoms with Crippen molar-refractivity contribution in [1.82, 2.24) is 0 Å². The fraction of sp³-hybridized carbons (Fsp3) is 0.0952. The Bertz CT molecular complexity index is 781. The first-order valence-corrected chi connectivity index (χ1v) is 7.87. The summed E-state index contributed by atoms with van der Waals surface area (Å²) in [4.78, 5) is 0. The molecule has 3 aromatic carbocycles. The van der Waals surface area contributed by atoms with E-state index < -0.39 is 0 Å². The van der Waals surface area contributed by atoms with Crippen LogP contribution in [-0.2, 0) is 13.0 Å². The molecule has 0 aromatic heterocycles. The maximum absolute atomic E-state index is 9.32. The smallest absolute Gasteiger partial charge is 0.119 e. The first-order valence-electron chi connectivity index (χ1n) is 7.87. The standard InChI is InChI=1S/C21H19NO2/c23-22-21(15-17-7-3-1-4-8-17)19-11-13-20(14-12-19)24-16-18-9-5-2-6-10-18/h1-14,23H,15-16H2. The lowest BCUT2D eigenvalue weighted by molar-refractivity contribution is 0.306. The zero-order chi connectivity index (χ0) is 16.6. The van der Waals surface area contributed by atoms with Gasteiger partial charge in [-0.05, 0) is 41.0 Å². The Labute approximate surface area is 141 Å². The van der Waals surface area contributed by atoms with Gasteiger partial charge in [0.2, 0.25) is 0 Å². The molecule has 0 spiro atoms. The van der Waals surface area contributed by atoms with Crippen LogP contribution in [0.1, 0.15) is 16.7 Å². The van der Waals surface area contributed by atoms with Gasteiger partial charge in [-0.3, -0.25) is 0 Å². The van der Waals surface area contributed by atoms with Crippen LogP contribution in [0.15, 0.2) is 90.1 Å². The van der Waals surface area contributed by atoms with Gasteiger partial charge >= 0.3 is 0 Å². The number of rotatable bonds is 6. The van der Waals surface area contributed by atoms with Crippen LogP contribution in [0.2, 0.25) is 0 Å². The molecule has 3 rings (SSSR count). The molecule has 120 valence electrons. The Hall–Kier alpha value is -3.07. The van der Waals surface area contributed by atoms with E-state index in [0.717, 1.165) is 22.4 Å². The van der Waals surface area contributed by atoms with Gasteiger partial charge in [0.25, 0.3) is 0 Å². The van der Waals surface area contributed by atoms with Crippen LogP contribution in [0.5, 0.6) is 5.75 Å². The highest BCUT2D eigenvalue weighted by molar-refractivity contribution is 6.01. The monoisotopic (exact) mass is 317 g/mol. The molecule has 0 atom stereocenters. The Morgan fingerprint density at radius 2 is 1.33 bits per heavy atom. The molecular weight excluding hydrogens is 298 g/mol. The molecule has 0 saturated heterocycles. The highest BCUT2D eigenvalue weighted by Gasteiger charge is 2.06. The van der Waals surface area contributed by atoms with E-state index in [1.807, 2.05) is 84.9 Å². The molecule has 0 fully saturated rings. The van der Waals surface area contributed by atoms with E-state index >= 15 is 0 Å². The lowest BCUT2D eigenvalue weighted by Gasteiger charge is -2.08. The minimum absolute atomic E-state index is 0.533. The molecule has 0 bridgehead atoms. The summed E-state index contributed by atoms with van der Waals surface area (Å²) >= 11 is 0. The van der Waals surface area contributed by atoms with Gasteiger partial charge in [-0.2, -0.15) is 0 Å². The average molecular weight is 317 g/mol. The first-order chi connectivity index (χ1) is 11.8. The summed E-state index contributed by atoms with van der Waals surface area (Å²) < 4.78 is 5.78. The summed E-state index contributed by atoms with van der Waals surface area (Å²) in [6.45, 7) is 0.533. The molecule has 0 aliphatic rings. The van der Waals surface area contributed by atoms with Gasteiger partial charge in [-0.15, -0.1) is 0 Å². The second kappa shape index (κ2) is 7.97. The van der Waals surface area contributed by atoms with E-state index in [-0.39, 0.29) is 0 Å². The summed E-state index contributed by atoms with van der Waals surface area (Å²) in [7, 11) is 0. The lowest BCUT2D eigenvalue weighted by Crippen LogP contribution is -2.05. The van der Waals surface area contributed by atoms with Gasteiger partial charge in [-0.1, -0.05) is 65.8 Å². The zero-order valence-electron chi connectivity index (χ0n) is 13.3. The van der Waals surface area contributed by atoms with Gasteiger partial charge in [0.05, 0.1) is 5.71 Å². The minimum atomic E-state index is 0.533. The van der Waals surface area contributed by atoms with E-state index in [0.29, 0.717) is 18.7 Å². The second-order valence-electron chi connectivity index (χ2n) is 5.51. The number of hydrogen-bond donors (Lipinski definition) is 1. The van der Waals surface area contributed by atoms with E-state index in [2.05, 4.69) is 5.16 Å². The number of hydrogen-bond acceptors (Lipinski definition) is 3. The molecule has 0 unspecified atom stereocenters. The molecule has 3 aromatic rings. The fourth-order valence-electron chi connectivity index (χ4n) is 2.47. The Kier molecular flexibility index (Phi) is 5.25. The third-order valence-corrected chi connectivity index (χ3v) is 3.77. The summed E-state index contributed by atoms with van der Waals surface area (Å²) in [5, 5.41) is 12.8. The van der Waals surface area contributed by atoms with Gasteiger partial charge in [-0.25, -0.2) is 0 Å². The highest BCUT2D eigenvalue weighted by atomic mass is 16.5. The van der Waals surface area contributed by atoms with E-state index in [4.69, 9.17) is 4.74 Å². The predicted molar refractivity (Wildman–Crippen MR) is 95.7 cm³/mol. The van der Waals surface area contributed by atoms with Gasteiger partial charge in [0.15, 0.2) is 0 Å². The molecule has 0 aliphatic heterocycles. The van der Waals surface area contributed by atoms with Crippen LogP contribution in [0.3, 0.4) is 0 Å². The van der Waals surface area contributed by atoms with Crippen molar-refractivity contribution in [3.8, 4) is 5.75 Å². The third kappa shape index (κ3) is 4.23. The van der Waals surface area contributed by atoms with Crippen LogP contribution >= 0.6 is 0 Å². The van der Waals surface area contributed by atoms with E-state index in [9.17, 15) is 5.21 Å².